The third-order valence-corrected chi connectivity index (χ3v) is 3.64. The van der Waals surface area contributed by atoms with Crippen molar-refractivity contribution in [2.45, 2.75) is 51.0 Å². The van der Waals surface area contributed by atoms with Crippen LogP contribution in [0.5, 0.6) is 0 Å². The molecule has 0 heterocycles. The Balaban J connectivity index is 1.75. The van der Waals surface area contributed by atoms with Crippen molar-refractivity contribution in [1.82, 2.24) is 4.90 Å². The van der Waals surface area contributed by atoms with Crippen LogP contribution in [0.15, 0.2) is 0 Å². The molecule has 2 nitrogen and oxygen atoms in total. The van der Waals surface area contributed by atoms with Crippen LogP contribution in [-0.4, -0.2) is 30.3 Å². The van der Waals surface area contributed by atoms with Gasteiger partial charge in [-0.2, -0.15) is 0 Å². The van der Waals surface area contributed by atoms with Crippen LogP contribution >= 0.6 is 0 Å². The number of rotatable bonds is 4. The van der Waals surface area contributed by atoms with Gasteiger partial charge in [0.05, 0.1) is 6.54 Å². The van der Waals surface area contributed by atoms with Crippen molar-refractivity contribution in [2.75, 3.05) is 13.6 Å². The summed E-state index contributed by atoms with van der Waals surface area (Å²) in [5.41, 5.74) is 0. The molecule has 0 saturated heterocycles. The maximum Gasteiger partial charge on any atom is 0.149 e. The van der Waals surface area contributed by atoms with Gasteiger partial charge in [0.15, 0.2) is 0 Å². The first-order valence-corrected chi connectivity index (χ1v) is 6.00. The van der Waals surface area contributed by atoms with Gasteiger partial charge in [0.1, 0.15) is 5.78 Å². The van der Waals surface area contributed by atoms with Crippen molar-refractivity contribution < 1.29 is 4.79 Å². The van der Waals surface area contributed by atoms with Crippen molar-refractivity contribution >= 4 is 5.78 Å². The molecule has 0 aromatic carbocycles. The summed E-state index contributed by atoms with van der Waals surface area (Å²) in [7, 11) is 2.12. The van der Waals surface area contributed by atoms with E-state index in [4.69, 9.17) is 0 Å². The van der Waals surface area contributed by atoms with Gasteiger partial charge in [-0.25, -0.2) is 0 Å². The number of hydrogen-bond acceptors (Lipinski definition) is 2. The van der Waals surface area contributed by atoms with E-state index < -0.39 is 0 Å². The lowest BCUT2D eigenvalue weighted by molar-refractivity contribution is -0.121. The van der Waals surface area contributed by atoms with Crippen LogP contribution in [-0.2, 0) is 4.79 Å². The molecule has 0 aromatic rings. The van der Waals surface area contributed by atoms with Crippen molar-refractivity contribution in [3.63, 3.8) is 0 Å². The van der Waals surface area contributed by atoms with E-state index in [-0.39, 0.29) is 0 Å². The van der Waals surface area contributed by atoms with Gasteiger partial charge in [0.2, 0.25) is 0 Å². The van der Waals surface area contributed by atoms with Gasteiger partial charge in [-0.15, -0.1) is 0 Å². The number of carbonyl (C=O) groups excluding carboxylic acids is 1. The van der Waals surface area contributed by atoms with E-state index in [0.29, 0.717) is 24.3 Å². The molecule has 0 radical (unpaired) electrons. The average Bonchev–Trinajstić information content (AvgIpc) is 3.02. The number of ketones is 1. The van der Waals surface area contributed by atoms with Gasteiger partial charge >= 0.3 is 0 Å². The largest absolute Gasteiger partial charge is 0.298 e. The minimum absolute atomic E-state index is 0.432. The maximum atomic E-state index is 11.6. The second-order valence-corrected chi connectivity index (χ2v) is 4.95. The molecule has 0 spiro atoms. The number of carbonyl (C=O) groups is 1. The Kier molecular flexibility index (Phi) is 3.22. The van der Waals surface area contributed by atoms with Crippen molar-refractivity contribution in [3.05, 3.63) is 0 Å². The summed E-state index contributed by atoms with van der Waals surface area (Å²) < 4.78 is 0. The Bertz CT molecular complexity index is 204. The topological polar surface area (TPSA) is 20.3 Å². The van der Waals surface area contributed by atoms with E-state index in [2.05, 4.69) is 11.9 Å². The predicted octanol–water partition coefficient (Wildman–Crippen LogP) is 2.23. The van der Waals surface area contributed by atoms with E-state index in [1.807, 2.05) is 0 Å². The van der Waals surface area contributed by atoms with Crippen LogP contribution in [0.3, 0.4) is 0 Å². The van der Waals surface area contributed by atoms with Crippen molar-refractivity contribution in [1.29, 1.82) is 0 Å². The molecular weight excluding hydrogens is 174 g/mol. The number of Topliss-reactive ketones (excluding diaryl/α,β-unsaturated/α-hetero) is 1. The number of likely N-dealkylation sites (N-methyl/N-ethyl adjacent to an activating group) is 1. The van der Waals surface area contributed by atoms with Crippen molar-refractivity contribution in [2.24, 2.45) is 5.92 Å². The van der Waals surface area contributed by atoms with Gasteiger partial charge in [0.25, 0.3) is 0 Å². The first-order chi connectivity index (χ1) is 6.77. The standard InChI is InChI=1S/C12H21NO/c1-13(9-12(14)10-7-8-10)11-5-3-2-4-6-11/h10-11H,2-9H2,1H3. The van der Waals surface area contributed by atoms with E-state index in [1.165, 1.54) is 32.1 Å². The fourth-order valence-corrected chi connectivity index (χ4v) is 2.43. The van der Waals surface area contributed by atoms with E-state index in [0.717, 1.165) is 12.8 Å². The fraction of sp³-hybridized carbons (Fsp3) is 0.917. The molecule has 0 N–H and O–H groups in total. The van der Waals surface area contributed by atoms with Gasteiger partial charge in [0, 0.05) is 12.0 Å². The maximum absolute atomic E-state index is 11.6. The van der Waals surface area contributed by atoms with E-state index >= 15 is 0 Å². The highest BCUT2D eigenvalue weighted by molar-refractivity contribution is 5.84. The summed E-state index contributed by atoms with van der Waals surface area (Å²) in [4.78, 5) is 13.9. The summed E-state index contributed by atoms with van der Waals surface area (Å²) in [6, 6.07) is 0.687. The normalized spacial score (nSPS) is 24.1. The molecule has 2 fully saturated rings. The zero-order valence-electron chi connectivity index (χ0n) is 9.17. The van der Waals surface area contributed by atoms with Crippen molar-refractivity contribution in [3.8, 4) is 0 Å². The molecular formula is C12H21NO. The fourth-order valence-electron chi connectivity index (χ4n) is 2.43. The summed E-state index contributed by atoms with van der Waals surface area (Å²) in [6.07, 6.45) is 9.00. The Morgan fingerprint density at radius 1 is 1.14 bits per heavy atom. The summed E-state index contributed by atoms with van der Waals surface area (Å²) in [6.45, 7) is 0.704. The van der Waals surface area contributed by atoms with Crippen LogP contribution in [0, 0.1) is 5.92 Å². The van der Waals surface area contributed by atoms with Crippen LogP contribution in [0.2, 0.25) is 0 Å². The third-order valence-electron chi connectivity index (χ3n) is 3.64. The quantitative estimate of drug-likeness (QED) is 0.685. The van der Waals surface area contributed by atoms with E-state index in [1.54, 1.807) is 0 Å². The molecule has 0 aromatic heterocycles. The lowest BCUT2D eigenvalue weighted by atomic mass is 9.94. The third kappa shape index (κ3) is 2.57. The molecule has 2 aliphatic carbocycles. The lowest BCUT2D eigenvalue weighted by Crippen LogP contribution is -2.37. The SMILES string of the molecule is CN(CC(=O)C1CC1)C1CCCCC1. The van der Waals surface area contributed by atoms with Gasteiger partial charge in [-0.3, -0.25) is 9.69 Å². The highest BCUT2D eigenvalue weighted by atomic mass is 16.1. The summed E-state index contributed by atoms with van der Waals surface area (Å²) in [5, 5.41) is 0. The lowest BCUT2D eigenvalue weighted by Gasteiger charge is -2.30. The molecule has 0 unspecified atom stereocenters. The van der Waals surface area contributed by atoms with Gasteiger partial charge < -0.3 is 0 Å². The van der Waals surface area contributed by atoms with Crippen LogP contribution in [0.4, 0.5) is 0 Å². The zero-order chi connectivity index (χ0) is 9.97. The summed E-state index contributed by atoms with van der Waals surface area (Å²) in [5.74, 6) is 0.916. The van der Waals surface area contributed by atoms with E-state index in [9.17, 15) is 4.79 Å². The molecule has 14 heavy (non-hydrogen) atoms. The molecule has 0 aliphatic heterocycles. The Morgan fingerprint density at radius 3 is 2.36 bits per heavy atom. The molecule has 80 valence electrons. The Labute approximate surface area is 86.7 Å². The first-order valence-electron chi connectivity index (χ1n) is 6.00. The second kappa shape index (κ2) is 4.43. The summed E-state index contributed by atoms with van der Waals surface area (Å²) >= 11 is 0. The first kappa shape index (κ1) is 10.2. The highest BCUT2D eigenvalue weighted by Crippen LogP contribution is 2.30. The van der Waals surface area contributed by atoms with Crippen LogP contribution in [0.1, 0.15) is 44.9 Å². The minimum Gasteiger partial charge on any atom is -0.298 e. The molecule has 2 heteroatoms. The highest BCUT2D eigenvalue weighted by Gasteiger charge is 2.31. The smallest absolute Gasteiger partial charge is 0.149 e. The Morgan fingerprint density at radius 2 is 1.79 bits per heavy atom. The predicted molar refractivity (Wildman–Crippen MR) is 57.2 cm³/mol. The number of hydrogen-bond donors (Lipinski definition) is 0. The van der Waals surface area contributed by atoms with Crippen LogP contribution in [0.25, 0.3) is 0 Å². The van der Waals surface area contributed by atoms with Crippen LogP contribution < -0.4 is 0 Å². The molecule has 0 bridgehead atoms. The molecule has 0 amide bonds. The second-order valence-electron chi connectivity index (χ2n) is 4.95. The zero-order valence-corrected chi connectivity index (χ0v) is 9.17. The Hall–Kier alpha value is -0.370. The molecule has 0 atom stereocenters. The minimum atomic E-state index is 0.432. The molecule has 2 saturated carbocycles. The molecule has 2 aliphatic rings. The van der Waals surface area contributed by atoms with Gasteiger partial charge in [-0.05, 0) is 32.7 Å². The van der Waals surface area contributed by atoms with Gasteiger partial charge in [-0.1, -0.05) is 19.3 Å². The molecule has 2 rings (SSSR count). The monoisotopic (exact) mass is 195 g/mol. The average molecular weight is 195 g/mol. The number of nitrogens with zero attached hydrogens (tertiary/aromatic N) is 1.